The van der Waals surface area contributed by atoms with Crippen molar-refractivity contribution in [3.8, 4) is 10.6 Å². The minimum atomic E-state index is -3.51. The summed E-state index contributed by atoms with van der Waals surface area (Å²) >= 11 is 2.87. The molecule has 8 heteroatoms. The van der Waals surface area contributed by atoms with Crippen LogP contribution < -0.4 is 4.72 Å². The number of aryl methyl sites for hydroxylation is 1. The zero-order valence-electron chi connectivity index (χ0n) is 14.4. The van der Waals surface area contributed by atoms with Gasteiger partial charge in [-0.05, 0) is 55.3 Å². The summed E-state index contributed by atoms with van der Waals surface area (Å²) in [6, 6.07) is 5.47. The van der Waals surface area contributed by atoms with Gasteiger partial charge < -0.3 is 4.42 Å². The maximum absolute atomic E-state index is 12.5. The first-order chi connectivity index (χ1) is 12.5. The monoisotopic (exact) mass is 408 g/mol. The minimum Gasteiger partial charge on any atom is -0.440 e. The van der Waals surface area contributed by atoms with E-state index in [4.69, 9.17) is 4.42 Å². The number of nitrogens with zero attached hydrogens (tertiary/aromatic N) is 1. The highest BCUT2D eigenvalue weighted by molar-refractivity contribution is 7.91. The summed E-state index contributed by atoms with van der Waals surface area (Å²) in [5, 5.41) is 2.03. The molecule has 26 heavy (non-hydrogen) atoms. The van der Waals surface area contributed by atoms with Gasteiger partial charge in [0, 0.05) is 17.3 Å². The van der Waals surface area contributed by atoms with E-state index in [-0.39, 0.29) is 0 Å². The Morgan fingerprint density at radius 3 is 2.85 bits per heavy atom. The number of thiophene rings is 2. The van der Waals surface area contributed by atoms with Crippen LogP contribution in [0.1, 0.15) is 41.5 Å². The van der Waals surface area contributed by atoms with Crippen LogP contribution in [0.5, 0.6) is 0 Å². The van der Waals surface area contributed by atoms with E-state index in [1.54, 1.807) is 29.7 Å². The van der Waals surface area contributed by atoms with Crippen LogP contribution in [0, 0.1) is 6.92 Å². The van der Waals surface area contributed by atoms with Crippen molar-refractivity contribution in [3.05, 3.63) is 46.1 Å². The SMILES string of the molecule is Cc1ccsc1CCNS(=O)(=O)c1ccc(-c2cnc(C3CCC3)o2)s1. The molecule has 3 heterocycles. The highest BCUT2D eigenvalue weighted by Crippen LogP contribution is 2.38. The molecule has 1 N–H and O–H groups in total. The van der Waals surface area contributed by atoms with Crippen molar-refractivity contribution in [1.29, 1.82) is 0 Å². The summed E-state index contributed by atoms with van der Waals surface area (Å²) in [5.74, 6) is 1.84. The van der Waals surface area contributed by atoms with Crippen LogP contribution in [-0.2, 0) is 16.4 Å². The van der Waals surface area contributed by atoms with Crippen molar-refractivity contribution < 1.29 is 12.8 Å². The van der Waals surface area contributed by atoms with Crippen molar-refractivity contribution >= 4 is 32.7 Å². The molecule has 4 rings (SSSR count). The van der Waals surface area contributed by atoms with Crippen LogP contribution in [0.2, 0.25) is 0 Å². The maximum Gasteiger partial charge on any atom is 0.250 e. The Hall–Kier alpha value is -1.48. The van der Waals surface area contributed by atoms with E-state index in [0.717, 1.165) is 23.6 Å². The molecule has 3 aromatic heterocycles. The largest absolute Gasteiger partial charge is 0.440 e. The summed E-state index contributed by atoms with van der Waals surface area (Å²) in [5.41, 5.74) is 1.21. The molecule has 1 fully saturated rings. The predicted octanol–water partition coefficient (Wildman–Crippen LogP) is 4.56. The molecule has 0 saturated heterocycles. The molecule has 0 aliphatic heterocycles. The number of sulfonamides is 1. The summed E-state index contributed by atoms with van der Waals surface area (Å²) in [6.45, 7) is 2.44. The molecule has 0 atom stereocenters. The van der Waals surface area contributed by atoms with Crippen molar-refractivity contribution in [1.82, 2.24) is 9.71 Å². The number of aromatic nitrogens is 1. The molecule has 5 nitrogen and oxygen atoms in total. The average molecular weight is 409 g/mol. The third-order valence-electron chi connectivity index (χ3n) is 4.68. The Morgan fingerprint density at radius 1 is 1.31 bits per heavy atom. The Morgan fingerprint density at radius 2 is 2.15 bits per heavy atom. The summed E-state index contributed by atoms with van der Waals surface area (Å²) in [7, 11) is -3.51. The lowest BCUT2D eigenvalue weighted by atomic mass is 9.85. The molecule has 138 valence electrons. The van der Waals surface area contributed by atoms with Crippen molar-refractivity contribution in [2.45, 2.75) is 42.7 Å². The van der Waals surface area contributed by atoms with Gasteiger partial charge in [-0.1, -0.05) is 6.42 Å². The van der Waals surface area contributed by atoms with Gasteiger partial charge in [0.25, 0.3) is 0 Å². The normalized spacial score (nSPS) is 15.3. The quantitative estimate of drug-likeness (QED) is 0.622. The Balaban J connectivity index is 1.42. The van der Waals surface area contributed by atoms with Crippen molar-refractivity contribution in [2.75, 3.05) is 6.54 Å². The number of nitrogens with one attached hydrogen (secondary N) is 1. The van der Waals surface area contributed by atoms with Crippen molar-refractivity contribution in [2.24, 2.45) is 0 Å². The van der Waals surface area contributed by atoms with Crippen LogP contribution in [0.25, 0.3) is 10.6 Å². The molecule has 1 aliphatic rings. The molecule has 1 aliphatic carbocycles. The van der Waals surface area contributed by atoms with Gasteiger partial charge in [-0.3, -0.25) is 0 Å². The van der Waals surface area contributed by atoms with E-state index in [9.17, 15) is 8.42 Å². The molecule has 1 saturated carbocycles. The number of hydrogen-bond donors (Lipinski definition) is 1. The van der Waals surface area contributed by atoms with Gasteiger partial charge in [0.05, 0.1) is 11.1 Å². The summed E-state index contributed by atoms with van der Waals surface area (Å²) < 4.78 is 33.9. The summed E-state index contributed by atoms with van der Waals surface area (Å²) in [4.78, 5) is 6.35. The minimum absolute atomic E-state index is 0.303. The molecular formula is C18H20N2O3S3. The van der Waals surface area contributed by atoms with Gasteiger partial charge >= 0.3 is 0 Å². The second kappa shape index (κ2) is 7.26. The Labute approximate surface area is 161 Å². The number of oxazole rings is 1. The smallest absolute Gasteiger partial charge is 0.250 e. The summed E-state index contributed by atoms with van der Waals surface area (Å²) in [6.07, 6.45) is 5.87. The second-order valence-corrected chi connectivity index (χ2v) is 10.6. The molecule has 0 unspecified atom stereocenters. The van der Waals surface area contributed by atoms with Crippen LogP contribution in [0.15, 0.2) is 38.4 Å². The fraction of sp³-hybridized carbons (Fsp3) is 0.389. The van der Waals surface area contributed by atoms with Crippen LogP contribution in [0.3, 0.4) is 0 Å². The highest BCUT2D eigenvalue weighted by atomic mass is 32.2. The third kappa shape index (κ3) is 3.64. The lowest BCUT2D eigenvalue weighted by Crippen LogP contribution is -2.25. The molecule has 0 bridgehead atoms. The van der Waals surface area contributed by atoms with Gasteiger partial charge in [0.15, 0.2) is 11.7 Å². The van der Waals surface area contributed by atoms with E-state index < -0.39 is 10.0 Å². The molecular weight excluding hydrogens is 388 g/mol. The average Bonchev–Trinajstić information content (AvgIpc) is 3.26. The topological polar surface area (TPSA) is 72.2 Å². The van der Waals surface area contributed by atoms with E-state index >= 15 is 0 Å². The number of hydrogen-bond acceptors (Lipinski definition) is 6. The lowest BCUT2D eigenvalue weighted by molar-refractivity contribution is 0.338. The Kier molecular flexibility index (Phi) is 5.00. The van der Waals surface area contributed by atoms with E-state index in [0.29, 0.717) is 28.9 Å². The standard InChI is InChI=1S/C18H20N2O3S3/c1-12-8-10-24-15(12)7-9-20-26(21,22)17-6-5-16(25-17)14-11-19-18(23-14)13-3-2-4-13/h5-6,8,10-11,13,20H,2-4,7,9H2,1H3. The van der Waals surface area contributed by atoms with Crippen LogP contribution in [0.4, 0.5) is 0 Å². The molecule has 3 aromatic rings. The van der Waals surface area contributed by atoms with E-state index in [1.807, 2.05) is 12.3 Å². The van der Waals surface area contributed by atoms with Gasteiger partial charge in [-0.2, -0.15) is 0 Å². The van der Waals surface area contributed by atoms with Gasteiger partial charge in [-0.25, -0.2) is 18.1 Å². The van der Waals surface area contributed by atoms with Crippen molar-refractivity contribution in [3.63, 3.8) is 0 Å². The molecule has 0 aromatic carbocycles. The van der Waals surface area contributed by atoms with Gasteiger partial charge in [0.1, 0.15) is 4.21 Å². The molecule has 0 spiro atoms. The van der Waals surface area contributed by atoms with Gasteiger partial charge in [0.2, 0.25) is 10.0 Å². The lowest BCUT2D eigenvalue weighted by Gasteiger charge is -2.21. The first-order valence-corrected chi connectivity index (χ1v) is 11.8. The number of rotatable bonds is 7. The fourth-order valence-electron chi connectivity index (χ4n) is 2.87. The van der Waals surface area contributed by atoms with Crippen LogP contribution >= 0.6 is 22.7 Å². The maximum atomic E-state index is 12.5. The molecule has 0 amide bonds. The first kappa shape index (κ1) is 17.9. The predicted molar refractivity (Wildman–Crippen MR) is 104 cm³/mol. The molecule has 0 radical (unpaired) electrons. The second-order valence-electron chi connectivity index (χ2n) is 6.48. The van der Waals surface area contributed by atoms with E-state index in [1.165, 1.54) is 28.2 Å². The zero-order chi connectivity index (χ0) is 18.1. The Bertz CT molecular complexity index is 996. The highest BCUT2D eigenvalue weighted by Gasteiger charge is 2.25. The van der Waals surface area contributed by atoms with Crippen LogP contribution in [-0.4, -0.2) is 19.9 Å². The van der Waals surface area contributed by atoms with E-state index in [2.05, 4.69) is 15.8 Å². The first-order valence-electron chi connectivity index (χ1n) is 8.61. The fourth-order valence-corrected chi connectivity index (χ4v) is 6.11. The van der Waals surface area contributed by atoms with Gasteiger partial charge in [-0.15, -0.1) is 22.7 Å². The zero-order valence-corrected chi connectivity index (χ0v) is 16.8. The third-order valence-corrected chi connectivity index (χ3v) is 8.81.